The van der Waals surface area contributed by atoms with E-state index in [0.29, 0.717) is 6.61 Å². The van der Waals surface area contributed by atoms with Crippen LogP contribution in [-0.2, 0) is 27.9 Å². The van der Waals surface area contributed by atoms with Crippen molar-refractivity contribution in [3.8, 4) is 0 Å². The molecule has 0 saturated heterocycles. The van der Waals surface area contributed by atoms with E-state index < -0.39 is 39.2 Å². The number of hydrogen-bond donors (Lipinski definition) is 3. The second-order valence-electron chi connectivity index (χ2n) is 13.3. The van der Waals surface area contributed by atoms with Crippen molar-refractivity contribution in [2.45, 2.75) is 187 Å². The van der Waals surface area contributed by atoms with Gasteiger partial charge in [0.2, 0.25) is 0 Å². The van der Waals surface area contributed by atoms with Crippen molar-refractivity contribution in [3.63, 3.8) is 0 Å². The van der Waals surface area contributed by atoms with E-state index in [0.717, 1.165) is 57.8 Å². The number of esters is 1. The van der Waals surface area contributed by atoms with Crippen LogP contribution in [0, 0.1) is 0 Å². The lowest BCUT2D eigenvalue weighted by Gasteiger charge is -2.20. The van der Waals surface area contributed by atoms with Crippen LogP contribution in [0.15, 0.2) is 24.3 Å². The minimum atomic E-state index is -4.51. The summed E-state index contributed by atoms with van der Waals surface area (Å²) >= 11 is 0. The summed E-state index contributed by atoms with van der Waals surface area (Å²) in [7, 11) is -4.51. The van der Waals surface area contributed by atoms with Gasteiger partial charge >= 0.3 is 13.8 Å². The first-order valence-corrected chi connectivity index (χ1v) is 21.3. The van der Waals surface area contributed by atoms with Gasteiger partial charge in [-0.25, -0.2) is 4.57 Å². The fraction of sp³-hybridized carbons (Fsp3) is 0.872. The zero-order chi connectivity index (χ0) is 36.1. The summed E-state index contributed by atoms with van der Waals surface area (Å²) in [5, 5.41) is 18.3. The highest BCUT2D eigenvalue weighted by molar-refractivity contribution is 7.47. The van der Waals surface area contributed by atoms with Crippen molar-refractivity contribution < 1.29 is 43.0 Å². The third-order valence-corrected chi connectivity index (χ3v) is 9.34. The van der Waals surface area contributed by atoms with E-state index in [-0.39, 0.29) is 19.6 Å². The quantitative estimate of drug-likeness (QED) is 0.0247. The van der Waals surface area contributed by atoms with Crippen LogP contribution in [0.4, 0.5) is 0 Å². The number of phosphoric ester groups is 1. The Morgan fingerprint density at radius 2 is 1.10 bits per heavy atom. The number of unbranched alkanes of at least 4 members (excludes halogenated alkanes) is 20. The molecule has 0 spiro atoms. The Balaban J connectivity index is 4.18. The molecule has 0 aromatic heterocycles. The van der Waals surface area contributed by atoms with Gasteiger partial charge in [0.05, 0.1) is 26.4 Å². The van der Waals surface area contributed by atoms with Gasteiger partial charge in [-0.1, -0.05) is 147 Å². The number of carbonyl (C=O) groups is 1. The second-order valence-corrected chi connectivity index (χ2v) is 14.8. The van der Waals surface area contributed by atoms with E-state index >= 15 is 0 Å². The van der Waals surface area contributed by atoms with Crippen molar-refractivity contribution in [2.24, 2.45) is 0 Å². The van der Waals surface area contributed by atoms with Crippen LogP contribution in [-0.4, -0.2) is 66.3 Å². The van der Waals surface area contributed by atoms with Crippen molar-refractivity contribution in [3.05, 3.63) is 24.3 Å². The number of carbonyl (C=O) groups excluding carboxylic acids is 1. The van der Waals surface area contributed by atoms with Crippen LogP contribution in [0.2, 0.25) is 0 Å². The standard InChI is InChI=1S/C39H75O9P/c1-3-5-7-9-11-13-15-16-17-18-19-20-21-22-23-25-27-29-31-39(42)48-38(36-47-49(43,44)46-34-37(41)33-40)35-45-32-30-28-26-24-14-12-10-8-6-4-2/h13,15,17-18,37-38,40-41H,3-12,14,16,19-36H2,1-2H3,(H,43,44)/b15-13-,18-17-. The van der Waals surface area contributed by atoms with Crippen LogP contribution >= 0.6 is 7.82 Å². The molecular weight excluding hydrogens is 643 g/mol. The molecule has 49 heavy (non-hydrogen) atoms. The van der Waals surface area contributed by atoms with Crippen LogP contribution in [0.25, 0.3) is 0 Å². The van der Waals surface area contributed by atoms with Gasteiger partial charge in [0.1, 0.15) is 12.2 Å². The molecule has 0 fully saturated rings. The molecule has 3 atom stereocenters. The van der Waals surface area contributed by atoms with Crippen LogP contribution in [0.5, 0.6) is 0 Å². The van der Waals surface area contributed by atoms with Gasteiger partial charge in [0.15, 0.2) is 0 Å². The monoisotopic (exact) mass is 719 g/mol. The Labute approximate surface area is 300 Å². The molecule has 0 aliphatic rings. The highest BCUT2D eigenvalue weighted by Gasteiger charge is 2.26. The molecule has 0 aromatic carbocycles. The van der Waals surface area contributed by atoms with E-state index in [4.69, 9.17) is 23.6 Å². The highest BCUT2D eigenvalue weighted by Crippen LogP contribution is 2.43. The molecule has 9 nitrogen and oxygen atoms in total. The SMILES string of the molecule is CCCCCC/C=C\C/C=C\CCCCCCCCCC(=O)OC(COCCCCCCCCCCCC)COP(=O)(O)OCC(O)CO. The maximum absolute atomic E-state index is 12.6. The number of ether oxygens (including phenoxy) is 2. The van der Waals surface area contributed by atoms with E-state index in [1.807, 2.05) is 0 Å². The van der Waals surface area contributed by atoms with Crippen LogP contribution in [0.3, 0.4) is 0 Å². The normalized spacial score (nSPS) is 14.5. The Kier molecular flexibility index (Phi) is 35.9. The lowest BCUT2D eigenvalue weighted by molar-refractivity contribution is -0.154. The van der Waals surface area contributed by atoms with Gasteiger partial charge in [-0.3, -0.25) is 13.8 Å². The summed E-state index contributed by atoms with van der Waals surface area (Å²) in [5.74, 6) is -0.390. The lowest BCUT2D eigenvalue weighted by Crippen LogP contribution is -2.29. The summed E-state index contributed by atoms with van der Waals surface area (Å²) in [6, 6.07) is 0. The predicted molar refractivity (Wildman–Crippen MR) is 201 cm³/mol. The van der Waals surface area contributed by atoms with E-state index in [1.165, 1.54) is 96.3 Å². The molecule has 10 heteroatoms. The van der Waals surface area contributed by atoms with Crippen molar-refractivity contribution in [2.75, 3.05) is 33.0 Å². The number of hydrogen-bond acceptors (Lipinski definition) is 8. The molecule has 0 amide bonds. The Bertz CT molecular complexity index is 820. The average molecular weight is 719 g/mol. The third-order valence-electron chi connectivity index (χ3n) is 8.39. The Morgan fingerprint density at radius 1 is 0.633 bits per heavy atom. The van der Waals surface area contributed by atoms with Crippen LogP contribution < -0.4 is 0 Å². The third kappa shape index (κ3) is 36.5. The second kappa shape index (κ2) is 36.7. The molecule has 0 aromatic rings. The first kappa shape index (κ1) is 47.9. The maximum Gasteiger partial charge on any atom is 0.472 e. The summed E-state index contributed by atoms with van der Waals surface area (Å²) in [4.78, 5) is 22.5. The molecule has 0 saturated carbocycles. The number of aliphatic hydroxyl groups excluding tert-OH is 2. The smallest absolute Gasteiger partial charge is 0.457 e. The summed E-state index contributed by atoms with van der Waals surface area (Å²) < 4.78 is 33.2. The van der Waals surface area contributed by atoms with E-state index in [1.54, 1.807) is 0 Å². The predicted octanol–water partition coefficient (Wildman–Crippen LogP) is 10.3. The fourth-order valence-corrected chi connectivity index (χ4v) is 6.12. The zero-order valence-corrected chi connectivity index (χ0v) is 32.3. The number of allylic oxidation sites excluding steroid dienone is 4. The van der Waals surface area contributed by atoms with Crippen molar-refractivity contribution >= 4 is 13.8 Å². The number of phosphoric acid groups is 1. The van der Waals surface area contributed by atoms with Gasteiger partial charge in [0.25, 0.3) is 0 Å². The summed E-state index contributed by atoms with van der Waals surface area (Å²) in [6.07, 6.45) is 35.6. The summed E-state index contributed by atoms with van der Waals surface area (Å²) in [5.41, 5.74) is 0. The molecule has 0 radical (unpaired) electrons. The molecular formula is C39H75O9P. The molecule has 0 aliphatic carbocycles. The molecule has 3 unspecified atom stereocenters. The molecule has 0 rings (SSSR count). The molecule has 0 bridgehead atoms. The lowest BCUT2D eigenvalue weighted by atomic mass is 10.1. The summed E-state index contributed by atoms with van der Waals surface area (Å²) in [6.45, 7) is 3.49. The maximum atomic E-state index is 12.6. The number of aliphatic hydroxyl groups is 2. The van der Waals surface area contributed by atoms with Crippen molar-refractivity contribution in [1.29, 1.82) is 0 Å². The zero-order valence-electron chi connectivity index (χ0n) is 31.4. The van der Waals surface area contributed by atoms with Gasteiger partial charge < -0.3 is 24.6 Å². The topological polar surface area (TPSA) is 132 Å². The van der Waals surface area contributed by atoms with Crippen molar-refractivity contribution in [1.82, 2.24) is 0 Å². The largest absolute Gasteiger partial charge is 0.472 e. The molecule has 0 heterocycles. The van der Waals surface area contributed by atoms with Crippen LogP contribution in [0.1, 0.15) is 174 Å². The minimum Gasteiger partial charge on any atom is -0.457 e. The highest BCUT2D eigenvalue weighted by atomic mass is 31.2. The molecule has 290 valence electrons. The van der Waals surface area contributed by atoms with Gasteiger partial charge in [-0.2, -0.15) is 0 Å². The first-order valence-electron chi connectivity index (χ1n) is 19.8. The minimum absolute atomic E-state index is 0.0491. The van der Waals surface area contributed by atoms with E-state index in [2.05, 4.69) is 38.2 Å². The molecule has 3 N–H and O–H groups in total. The van der Waals surface area contributed by atoms with E-state index in [9.17, 15) is 19.4 Å². The van der Waals surface area contributed by atoms with Gasteiger partial charge in [-0.05, 0) is 44.9 Å². The van der Waals surface area contributed by atoms with Gasteiger partial charge in [-0.15, -0.1) is 0 Å². The molecule has 0 aliphatic heterocycles. The number of rotatable bonds is 38. The van der Waals surface area contributed by atoms with Gasteiger partial charge in [0, 0.05) is 13.0 Å². The fourth-order valence-electron chi connectivity index (χ4n) is 5.33. The first-order chi connectivity index (χ1) is 23.8. The Morgan fingerprint density at radius 3 is 1.65 bits per heavy atom. The Hall–Kier alpha value is -1.06. The average Bonchev–Trinajstić information content (AvgIpc) is 3.09.